The van der Waals surface area contributed by atoms with Crippen LogP contribution < -0.4 is 10.0 Å². The summed E-state index contributed by atoms with van der Waals surface area (Å²) < 4.78 is 27.4. The molecule has 0 heterocycles. The van der Waals surface area contributed by atoms with Crippen molar-refractivity contribution in [2.45, 2.75) is 49.8 Å². The standard InChI is InChI=1S/C22H28N2O3S/c25-22(23-16-15-18-9-4-1-2-5-10-18)19-11-8-12-20(17-19)24-28(26,27)21-13-6-3-7-14-21/h3,6-8,11-14,17-18,24H,1-2,4-5,9-10,15-16H2,(H,23,25). The Hall–Kier alpha value is -2.34. The number of nitrogens with one attached hydrogen (secondary N) is 2. The first kappa shape index (κ1) is 20.4. The van der Waals surface area contributed by atoms with Gasteiger partial charge in [0.05, 0.1) is 4.90 Å². The van der Waals surface area contributed by atoms with Crippen LogP contribution in [0.5, 0.6) is 0 Å². The largest absolute Gasteiger partial charge is 0.352 e. The van der Waals surface area contributed by atoms with Crippen molar-refractivity contribution in [2.24, 2.45) is 5.92 Å². The lowest BCUT2D eigenvalue weighted by molar-refractivity contribution is 0.0951. The number of hydrogen-bond donors (Lipinski definition) is 2. The summed E-state index contributed by atoms with van der Waals surface area (Å²) in [5.41, 5.74) is 0.828. The minimum absolute atomic E-state index is 0.172. The van der Waals surface area contributed by atoms with Crippen molar-refractivity contribution in [2.75, 3.05) is 11.3 Å². The molecule has 0 spiro atoms. The second-order valence-corrected chi connectivity index (χ2v) is 9.08. The molecule has 1 saturated carbocycles. The predicted molar refractivity (Wildman–Crippen MR) is 112 cm³/mol. The quantitative estimate of drug-likeness (QED) is 0.668. The van der Waals surface area contributed by atoms with Crippen molar-refractivity contribution in [1.29, 1.82) is 0 Å². The lowest BCUT2D eigenvalue weighted by atomic mass is 9.97. The Morgan fingerprint density at radius 3 is 2.36 bits per heavy atom. The fourth-order valence-electron chi connectivity index (χ4n) is 3.68. The van der Waals surface area contributed by atoms with Crippen LogP contribution in [0.15, 0.2) is 59.5 Å². The topological polar surface area (TPSA) is 75.3 Å². The summed E-state index contributed by atoms with van der Waals surface area (Å²) in [5, 5.41) is 2.97. The van der Waals surface area contributed by atoms with Crippen LogP contribution in [0.1, 0.15) is 55.3 Å². The molecule has 150 valence electrons. The number of anilines is 1. The fourth-order valence-corrected chi connectivity index (χ4v) is 4.75. The zero-order valence-corrected chi connectivity index (χ0v) is 16.9. The third-order valence-electron chi connectivity index (χ3n) is 5.24. The highest BCUT2D eigenvalue weighted by molar-refractivity contribution is 7.92. The molecule has 1 aliphatic rings. The Bertz CT molecular complexity index is 874. The number of rotatable bonds is 7. The van der Waals surface area contributed by atoms with Gasteiger partial charge in [-0.2, -0.15) is 0 Å². The molecule has 0 unspecified atom stereocenters. The maximum Gasteiger partial charge on any atom is 0.261 e. The van der Waals surface area contributed by atoms with Gasteiger partial charge in [0, 0.05) is 17.8 Å². The van der Waals surface area contributed by atoms with Crippen LogP contribution in [-0.2, 0) is 10.0 Å². The van der Waals surface area contributed by atoms with Gasteiger partial charge in [-0.15, -0.1) is 0 Å². The third kappa shape index (κ3) is 5.83. The van der Waals surface area contributed by atoms with Gasteiger partial charge in [0.1, 0.15) is 0 Å². The van der Waals surface area contributed by atoms with Gasteiger partial charge < -0.3 is 5.32 Å². The molecule has 1 amide bonds. The van der Waals surface area contributed by atoms with E-state index >= 15 is 0 Å². The minimum atomic E-state index is -3.67. The Labute approximate surface area is 167 Å². The van der Waals surface area contributed by atoms with E-state index in [0.29, 0.717) is 23.7 Å². The van der Waals surface area contributed by atoms with Gasteiger partial charge in [0.15, 0.2) is 0 Å². The zero-order chi connectivity index (χ0) is 19.8. The first-order valence-electron chi connectivity index (χ1n) is 10.0. The molecule has 0 bridgehead atoms. The monoisotopic (exact) mass is 400 g/mol. The Morgan fingerprint density at radius 2 is 1.64 bits per heavy atom. The summed E-state index contributed by atoms with van der Waals surface area (Å²) in [6, 6.07) is 14.8. The van der Waals surface area contributed by atoms with Crippen molar-refractivity contribution >= 4 is 21.6 Å². The van der Waals surface area contributed by atoms with Crippen LogP contribution in [0.3, 0.4) is 0 Å². The van der Waals surface area contributed by atoms with Gasteiger partial charge in [-0.3, -0.25) is 9.52 Å². The van der Waals surface area contributed by atoms with Gasteiger partial charge in [-0.05, 0) is 42.7 Å². The van der Waals surface area contributed by atoms with E-state index in [2.05, 4.69) is 10.0 Å². The number of carbonyl (C=O) groups is 1. The second-order valence-electron chi connectivity index (χ2n) is 7.40. The van der Waals surface area contributed by atoms with Gasteiger partial charge in [0.2, 0.25) is 0 Å². The predicted octanol–water partition coefficient (Wildman–Crippen LogP) is 4.58. The summed E-state index contributed by atoms with van der Waals surface area (Å²) in [5.74, 6) is 0.529. The van der Waals surface area contributed by atoms with Crippen LogP contribution in [-0.4, -0.2) is 20.9 Å². The molecule has 5 nitrogen and oxygen atoms in total. The van der Waals surface area contributed by atoms with Crippen LogP contribution in [0.2, 0.25) is 0 Å². The van der Waals surface area contributed by atoms with Crippen LogP contribution in [0.4, 0.5) is 5.69 Å². The number of carbonyl (C=O) groups excluding carboxylic acids is 1. The van der Waals surface area contributed by atoms with E-state index in [1.165, 1.54) is 50.7 Å². The van der Waals surface area contributed by atoms with E-state index in [1.54, 1.807) is 42.5 Å². The van der Waals surface area contributed by atoms with Crippen molar-refractivity contribution < 1.29 is 13.2 Å². The van der Waals surface area contributed by atoms with Crippen molar-refractivity contribution in [1.82, 2.24) is 5.32 Å². The Kier molecular flexibility index (Phi) is 7.09. The maximum atomic E-state index is 12.5. The van der Waals surface area contributed by atoms with E-state index in [-0.39, 0.29) is 10.8 Å². The molecule has 0 aliphatic heterocycles. The Balaban J connectivity index is 1.57. The van der Waals surface area contributed by atoms with Crippen LogP contribution in [0.25, 0.3) is 0 Å². The molecule has 0 radical (unpaired) electrons. The highest BCUT2D eigenvalue weighted by Gasteiger charge is 2.15. The third-order valence-corrected chi connectivity index (χ3v) is 6.64. The SMILES string of the molecule is O=C(NCCC1CCCCCC1)c1cccc(NS(=O)(=O)c2ccccc2)c1. The van der Waals surface area contributed by atoms with Crippen LogP contribution >= 0.6 is 0 Å². The molecule has 1 fully saturated rings. The molecule has 2 aromatic rings. The maximum absolute atomic E-state index is 12.5. The molecular formula is C22H28N2O3S. The average Bonchev–Trinajstić information content (AvgIpc) is 2.97. The summed E-state index contributed by atoms with van der Waals surface area (Å²) in [6.45, 7) is 0.656. The minimum Gasteiger partial charge on any atom is -0.352 e. The summed E-state index contributed by atoms with van der Waals surface area (Å²) >= 11 is 0. The van der Waals surface area contributed by atoms with Crippen molar-refractivity contribution in [3.63, 3.8) is 0 Å². The fraction of sp³-hybridized carbons (Fsp3) is 0.409. The Morgan fingerprint density at radius 1 is 0.929 bits per heavy atom. The van der Waals surface area contributed by atoms with Crippen molar-refractivity contribution in [3.8, 4) is 0 Å². The van der Waals surface area contributed by atoms with E-state index in [4.69, 9.17) is 0 Å². The highest BCUT2D eigenvalue weighted by Crippen LogP contribution is 2.25. The van der Waals surface area contributed by atoms with Gasteiger partial charge >= 0.3 is 0 Å². The number of benzene rings is 2. The molecule has 0 atom stereocenters. The molecule has 2 aromatic carbocycles. The summed E-state index contributed by atoms with van der Waals surface area (Å²) in [7, 11) is -3.67. The molecule has 28 heavy (non-hydrogen) atoms. The molecular weight excluding hydrogens is 372 g/mol. The van der Waals surface area contributed by atoms with Gasteiger partial charge in [-0.1, -0.05) is 62.8 Å². The van der Waals surface area contributed by atoms with E-state index in [1.807, 2.05) is 0 Å². The molecule has 1 aliphatic carbocycles. The first-order valence-corrected chi connectivity index (χ1v) is 11.5. The van der Waals surface area contributed by atoms with E-state index in [9.17, 15) is 13.2 Å². The lowest BCUT2D eigenvalue weighted by Crippen LogP contribution is -2.26. The summed E-state index contributed by atoms with van der Waals surface area (Å²) in [4.78, 5) is 12.6. The second kappa shape index (κ2) is 9.73. The molecule has 0 saturated heterocycles. The number of amides is 1. The lowest BCUT2D eigenvalue weighted by Gasteiger charge is -2.14. The molecule has 0 aromatic heterocycles. The van der Waals surface area contributed by atoms with Gasteiger partial charge in [0.25, 0.3) is 15.9 Å². The molecule has 2 N–H and O–H groups in total. The van der Waals surface area contributed by atoms with E-state index in [0.717, 1.165) is 6.42 Å². The van der Waals surface area contributed by atoms with Crippen LogP contribution in [0, 0.1) is 5.92 Å². The average molecular weight is 401 g/mol. The van der Waals surface area contributed by atoms with E-state index < -0.39 is 10.0 Å². The number of sulfonamides is 1. The molecule has 3 rings (SSSR count). The normalized spacial score (nSPS) is 15.6. The zero-order valence-electron chi connectivity index (χ0n) is 16.1. The first-order chi connectivity index (χ1) is 13.5. The number of hydrogen-bond acceptors (Lipinski definition) is 3. The van der Waals surface area contributed by atoms with Crippen molar-refractivity contribution in [3.05, 3.63) is 60.2 Å². The highest BCUT2D eigenvalue weighted by atomic mass is 32.2. The smallest absolute Gasteiger partial charge is 0.261 e. The summed E-state index contributed by atoms with van der Waals surface area (Å²) in [6.07, 6.45) is 8.76. The van der Waals surface area contributed by atoms with Gasteiger partial charge in [-0.25, -0.2) is 8.42 Å². The molecule has 6 heteroatoms.